The lowest BCUT2D eigenvalue weighted by Crippen LogP contribution is -2.43. The Morgan fingerprint density at radius 2 is 2.17 bits per heavy atom. The third-order valence-electron chi connectivity index (χ3n) is 2.44. The van der Waals surface area contributed by atoms with E-state index in [1.807, 2.05) is 13.8 Å². The third kappa shape index (κ3) is 2.99. The van der Waals surface area contributed by atoms with Gasteiger partial charge in [0.05, 0.1) is 12.2 Å². The fourth-order valence-corrected chi connectivity index (χ4v) is 1.56. The smallest absolute Gasteiger partial charge is 0.292 e. The van der Waals surface area contributed by atoms with E-state index < -0.39 is 0 Å². The van der Waals surface area contributed by atoms with E-state index in [0.29, 0.717) is 11.6 Å². The molecule has 0 atom stereocenters. The zero-order valence-electron chi connectivity index (χ0n) is 11.0. The summed E-state index contributed by atoms with van der Waals surface area (Å²) in [6.45, 7) is 7.08. The number of nitrogens with zero attached hydrogens (tertiary/aromatic N) is 3. The fourth-order valence-electron chi connectivity index (χ4n) is 1.56. The third-order valence-corrected chi connectivity index (χ3v) is 2.44. The van der Waals surface area contributed by atoms with Gasteiger partial charge in [-0.15, -0.1) is 0 Å². The first-order chi connectivity index (χ1) is 8.36. The number of amides is 1. The number of aromatic nitrogens is 1. The van der Waals surface area contributed by atoms with E-state index in [9.17, 15) is 4.79 Å². The summed E-state index contributed by atoms with van der Waals surface area (Å²) < 4.78 is 5.28. The molecule has 3 N–H and O–H groups in total. The maximum atomic E-state index is 12.3. The van der Waals surface area contributed by atoms with Gasteiger partial charge in [0.15, 0.2) is 11.7 Å². The van der Waals surface area contributed by atoms with Gasteiger partial charge in [-0.25, -0.2) is 4.98 Å². The fraction of sp³-hybridized carbons (Fsp3) is 0.545. The summed E-state index contributed by atoms with van der Waals surface area (Å²) in [5.74, 6) is 0.260. The molecule has 7 heteroatoms. The Morgan fingerprint density at radius 1 is 1.56 bits per heavy atom. The van der Waals surface area contributed by atoms with Gasteiger partial charge in [0.2, 0.25) is 5.76 Å². The lowest BCUT2D eigenvalue weighted by molar-refractivity contribution is 0.0699. The number of carbonyl (C=O) groups excluding carboxylic acids is 1. The highest BCUT2D eigenvalue weighted by atomic mass is 16.4. The van der Waals surface area contributed by atoms with E-state index in [4.69, 9.17) is 15.4 Å². The van der Waals surface area contributed by atoms with Crippen molar-refractivity contribution in [2.75, 3.05) is 6.54 Å². The van der Waals surface area contributed by atoms with Crippen LogP contribution < -0.4 is 5.73 Å². The molecule has 0 saturated carbocycles. The minimum atomic E-state index is -0.324. The molecule has 0 aliphatic carbocycles. The quantitative estimate of drug-likeness (QED) is 0.359. The lowest BCUT2D eigenvalue weighted by Gasteiger charge is -2.25. The van der Waals surface area contributed by atoms with Crippen molar-refractivity contribution in [3.63, 3.8) is 0 Å². The molecule has 1 amide bonds. The highest BCUT2D eigenvalue weighted by Gasteiger charge is 2.25. The molecule has 0 aromatic carbocycles. The first-order valence-electron chi connectivity index (χ1n) is 5.58. The van der Waals surface area contributed by atoms with Gasteiger partial charge in [-0.2, -0.15) is 0 Å². The average molecular weight is 254 g/mol. The molecule has 0 radical (unpaired) electrons. The van der Waals surface area contributed by atoms with Gasteiger partial charge < -0.3 is 20.3 Å². The molecule has 1 heterocycles. The monoisotopic (exact) mass is 254 g/mol. The van der Waals surface area contributed by atoms with E-state index in [0.717, 1.165) is 0 Å². The highest BCUT2D eigenvalue weighted by molar-refractivity contribution is 5.95. The number of amidine groups is 1. The molecule has 0 saturated heterocycles. The number of nitrogens with two attached hydrogens (primary N) is 1. The van der Waals surface area contributed by atoms with Crippen molar-refractivity contribution in [2.45, 2.75) is 33.7 Å². The predicted octanol–water partition coefficient (Wildman–Crippen LogP) is 0.888. The number of oxazole rings is 1. The molecular weight excluding hydrogens is 236 g/mol. The van der Waals surface area contributed by atoms with Gasteiger partial charge in [-0.1, -0.05) is 5.16 Å². The first kappa shape index (κ1) is 14.0. The summed E-state index contributed by atoms with van der Waals surface area (Å²) in [6, 6.07) is -0.109. The van der Waals surface area contributed by atoms with Crippen LogP contribution in [0.1, 0.15) is 36.0 Å². The van der Waals surface area contributed by atoms with Crippen LogP contribution in [0.15, 0.2) is 9.57 Å². The topological polar surface area (TPSA) is 105 Å². The molecular formula is C11H18N4O3. The largest absolute Gasteiger partial charge is 0.436 e. The summed E-state index contributed by atoms with van der Waals surface area (Å²) in [5.41, 5.74) is 5.96. The van der Waals surface area contributed by atoms with Crippen LogP contribution in [0.4, 0.5) is 0 Å². The molecule has 0 fully saturated rings. The molecule has 1 aromatic rings. The molecule has 0 aliphatic rings. The summed E-state index contributed by atoms with van der Waals surface area (Å²) in [6.07, 6.45) is 0. The molecule has 0 unspecified atom stereocenters. The predicted molar refractivity (Wildman–Crippen MR) is 65.6 cm³/mol. The number of hydrogen-bond donors (Lipinski definition) is 2. The van der Waals surface area contributed by atoms with Crippen LogP contribution in [-0.4, -0.2) is 39.4 Å². The van der Waals surface area contributed by atoms with Crippen LogP contribution >= 0.6 is 0 Å². The van der Waals surface area contributed by atoms with Crippen LogP contribution in [0.2, 0.25) is 0 Å². The van der Waals surface area contributed by atoms with Crippen molar-refractivity contribution in [3.05, 3.63) is 17.3 Å². The Hall–Kier alpha value is -2.05. The van der Waals surface area contributed by atoms with Gasteiger partial charge in [-0.05, 0) is 20.8 Å². The molecule has 0 spiro atoms. The maximum absolute atomic E-state index is 12.3. The maximum Gasteiger partial charge on any atom is 0.292 e. The number of hydrogen-bond acceptors (Lipinski definition) is 5. The lowest BCUT2D eigenvalue weighted by atomic mass is 10.2. The average Bonchev–Trinajstić information content (AvgIpc) is 2.63. The zero-order chi connectivity index (χ0) is 13.9. The van der Waals surface area contributed by atoms with Crippen molar-refractivity contribution >= 4 is 11.7 Å². The molecule has 7 nitrogen and oxygen atoms in total. The van der Waals surface area contributed by atoms with Crippen molar-refractivity contribution in [3.8, 4) is 0 Å². The van der Waals surface area contributed by atoms with E-state index >= 15 is 0 Å². The van der Waals surface area contributed by atoms with E-state index in [-0.39, 0.29) is 30.1 Å². The second kappa shape index (κ2) is 5.52. The normalized spacial score (nSPS) is 11.9. The molecule has 0 aliphatic heterocycles. The summed E-state index contributed by atoms with van der Waals surface area (Å²) in [4.78, 5) is 17.8. The standard InChI is InChI=1S/C11H18N4O3/c1-6(2)15(5-9(12)14-17)11(16)10-7(3)13-8(4)18-10/h6,17H,5H2,1-4H3,(H2,12,14). The van der Waals surface area contributed by atoms with Gasteiger partial charge in [0.25, 0.3) is 5.91 Å². The van der Waals surface area contributed by atoms with Crippen LogP contribution in [0.25, 0.3) is 0 Å². The van der Waals surface area contributed by atoms with E-state index in [1.54, 1.807) is 13.8 Å². The van der Waals surface area contributed by atoms with Gasteiger partial charge in [0, 0.05) is 13.0 Å². The number of aryl methyl sites for hydroxylation is 2. The number of oxime groups is 1. The molecule has 1 aromatic heterocycles. The summed E-state index contributed by atoms with van der Waals surface area (Å²) in [5, 5.41) is 11.4. The second-order valence-corrected chi connectivity index (χ2v) is 4.27. The van der Waals surface area contributed by atoms with Crippen LogP contribution in [0.3, 0.4) is 0 Å². The van der Waals surface area contributed by atoms with Crippen molar-refractivity contribution in [2.24, 2.45) is 10.9 Å². The Labute approximate surface area is 105 Å². The molecule has 100 valence electrons. The van der Waals surface area contributed by atoms with Crippen molar-refractivity contribution in [1.29, 1.82) is 0 Å². The van der Waals surface area contributed by atoms with E-state index in [1.165, 1.54) is 4.90 Å². The zero-order valence-corrected chi connectivity index (χ0v) is 11.0. The van der Waals surface area contributed by atoms with Crippen LogP contribution in [0, 0.1) is 13.8 Å². The van der Waals surface area contributed by atoms with Gasteiger partial charge in [0.1, 0.15) is 0 Å². The number of carbonyl (C=O) groups is 1. The van der Waals surface area contributed by atoms with Crippen molar-refractivity contribution in [1.82, 2.24) is 9.88 Å². The SMILES string of the molecule is Cc1nc(C)c(C(=O)N(CC(N)=NO)C(C)C)o1. The Kier molecular flexibility index (Phi) is 4.30. The summed E-state index contributed by atoms with van der Waals surface area (Å²) >= 11 is 0. The Balaban J connectivity index is 3.00. The van der Waals surface area contributed by atoms with Crippen LogP contribution in [-0.2, 0) is 0 Å². The first-order valence-corrected chi connectivity index (χ1v) is 5.58. The van der Waals surface area contributed by atoms with Crippen LogP contribution in [0.5, 0.6) is 0 Å². The van der Waals surface area contributed by atoms with Crippen molar-refractivity contribution < 1.29 is 14.4 Å². The molecule has 18 heavy (non-hydrogen) atoms. The minimum absolute atomic E-state index is 0.0339. The highest BCUT2D eigenvalue weighted by Crippen LogP contribution is 2.14. The van der Waals surface area contributed by atoms with Gasteiger partial charge >= 0.3 is 0 Å². The Bertz CT molecular complexity index is 465. The van der Waals surface area contributed by atoms with Gasteiger partial charge in [-0.3, -0.25) is 4.79 Å². The summed E-state index contributed by atoms with van der Waals surface area (Å²) in [7, 11) is 0. The molecule has 1 rings (SSSR count). The second-order valence-electron chi connectivity index (χ2n) is 4.27. The Morgan fingerprint density at radius 3 is 2.56 bits per heavy atom. The number of rotatable bonds is 4. The minimum Gasteiger partial charge on any atom is -0.436 e. The molecule has 0 bridgehead atoms. The van der Waals surface area contributed by atoms with E-state index in [2.05, 4.69) is 10.1 Å².